The summed E-state index contributed by atoms with van der Waals surface area (Å²) < 4.78 is 17.1. The van der Waals surface area contributed by atoms with Gasteiger partial charge in [-0.1, -0.05) is 18.2 Å². The zero-order chi connectivity index (χ0) is 17.5. The molecule has 0 fully saturated rings. The van der Waals surface area contributed by atoms with Gasteiger partial charge in [0.25, 0.3) is 0 Å². The van der Waals surface area contributed by atoms with Crippen molar-refractivity contribution in [3.8, 4) is 17.2 Å². The van der Waals surface area contributed by atoms with Gasteiger partial charge in [0, 0.05) is 18.2 Å². The van der Waals surface area contributed by atoms with Gasteiger partial charge in [0.15, 0.2) is 17.5 Å². The number of nitrogens with zero attached hydrogens (tertiary/aromatic N) is 1. The Hall–Kier alpha value is -2.16. The molecule has 2 aromatic rings. The van der Waals surface area contributed by atoms with Crippen LogP contribution in [0.4, 0.5) is 5.69 Å². The van der Waals surface area contributed by atoms with Crippen molar-refractivity contribution in [2.45, 2.75) is 19.4 Å². The van der Waals surface area contributed by atoms with Crippen molar-refractivity contribution >= 4 is 35.6 Å². The Morgan fingerprint density at radius 3 is 2.65 bits per heavy atom. The van der Waals surface area contributed by atoms with Crippen LogP contribution in [-0.2, 0) is 0 Å². The van der Waals surface area contributed by atoms with Crippen molar-refractivity contribution in [1.29, 1.82) is 0 Å². The lowest BCUT2D eigenvalue weighted by Crippen LogP contribution is -2.25. The minimum atomic E-state index is -0.0773. The van der Waals surface area contributed by atoms with Crippen LogP contribution in [0.3, 0.4) is 0 Å². The van der Waals surface area contributed by atoms with Gasteiger partial charge in [-0.3, -0.25) is 0 Å². The van der Waals surface area contributed by atoms with Gasteiger partial charge >= 0.3 is 0 Å². The van der Waals surface area contributed by atoms with Crippen LogP contribution in [0.1, 0.15) is 13.3 Å². The fraction of sp³-hybridized carbons (Fsp3) is 0.316. The van der Waals surface area contributed by atoms with Crippen molar-refractivity contribution in [1.82, 2.24) is 0 Å². The number of ether oxygens (including phenoxy) is 3. The van der Waals surface area contributed by atoms with Crippen LogP contribution in [0.25, 0.3) is 0 Å². The van der Waals surface area contributed by atoms with Crippen molar-refractivity contribution in [2.24, 2.45) is 10.7 Å². The Bertz CT molecular complexity index is 725. The van der Waals surface area contributed by atoms with Gasteiger partial charge in [-0.2, -0.15) is 0 Å². The Kier molecular flexibility index (Phi) is 7.83. The Balaban J connectivity index is 0.00000243. The van der Waals surface area contributed by atoms with Crippen molar-refractivity contribution in [2.75, 3.05) is 25.1 Å². The SMILES string of the molecule is CC(CN=C(N)Nc1ccc2c(c1)OCCCO2)Oc1ccccc1.I. The second-order valence-corrected chi connectivity index (χ2v) is 5.80. The summed E-state index contributed by atoms with van der Waals surface area (Å²) in [4.78, 5) is 4.33. The number of rotatable bonds is 5. The number of halogens is 1. The smallest absolute Gasteiger partial charge is 0.193 e. The van der Waals surface area contributed by atoms with Gasteiger partial charge < -0.3 is 25.3 Å². The van der Waals surface area contributed by atoms with Crippen molar-refractivity contribution < 1.29 is 14.2 Å². The van der Waals surface area contributed by atoms with Crippen molar-refractivity contribution in [3.05, 3.63) is 48.5 Å². The molecule has 1 atom stereocenters. The molecule has 0 spiro atoms. The summed E-state index contributed by atoms with van der Waals surface area (Å²) in [6, 6.07) is 15.3. The third kappa shape index (κ3) is 5.98. The van der Waals surface area contributed by atoms with E-state index in [1.54, 1.807) is 0 Å². The zero-order valence-corrected chi connectivity index (χ0v) is 17.0. The number of guanidine groups is 1. The van der Waals surface area contributed by atoms with Crippen LogP contribution in [0.15, 0.2) is 53.5 Å². The first-order valence-electron chi connectivity index (χ1n) is 8.39. The molecule has 26 heavy (non-hydrogen) atoms. The van der Waals surface area contributed by atoms with Crippen LogP contribution in [0.5, 0.6) is 17.2 Å². The number of benzene rings is 2. The Labute approximate surface area is 170 Å². The van der Waals surface area contributed by atoms with E-state index in [0.717, 1.165) is 29.4 Å². The molecule has 0 bridgehead atoms. The summed E-state index contributed by atoms with van der Waals surface area (Å²) in [5, 5.41) is 3.07. The van der Waals surface area contributed by atoms with E-state index in [9.17, 15) is 0 Å². The molecule has 3 rings (SSSR count). The normalized spacial score (nSPS) is 14.6. The van der Waals surface area contributed by atoms with Gasteiger partial charge in [0.2, 0.25) is 0 Å². The van der Waals surface area contributed by atoms with Gasteiger partial charge in [-0.25, -0.2) is 4.99 Å². The predicted octanol–water partition coefficient (Wildman–Crippen LogP) is 3.66. The first kappa shape index (κ1) is 20.2. The first-order valence-corrected chi connectivity index (χ1v) is 8.39. The largest absolute Gasteiger partial charge is 0.490 e. The van der Waals surface area contributed by atoms with E-state index in [1.807, 2.05) is 55.5 Å². The lowest BCUT2D eigenvalue weighted by Gasteiger charge is -2.13. The summed E-state index contributed by atoms with van der Waals surface area (Å²) in [6.07, 6.45) is 0.798. The third-order valence-corrected chi connectivity index (χ3v) is 3.62. The molecule has 0 aliphatic carbocycles. The summed E-state index contributed by atoms with van der Waals surface area (Å²) in [6.45, 7) is 3.73. The summed E-state index contributed by atoms with van der Waals surface area (Å²) in [7, 11) is 0. The molecule has 0 saturated carbocycles. The van der Waals surface area contributed by atoms with E-state index in [4.69, 9.17) is 19.9 Å². The molecule has 7 heteroatoms. The van der Waals surface area contributed by atoms with Crippen LogP contribution < -0.4 is 25.3 Å². The molecule has 2 aromatic carbocycles. The van der Waals surface area contributed by atoms with E-state index >= 15 is 0 Å². The molecule has 1 unspecified atom stereocenters. The molecule has 0 saturated heterocycles. The monoisotopic (exact) mass is 469 g/mol. The number of anilines is 1. The number of hydrogen-bond acceptors (Lipinski definition) is 4. The molecular formula is C19H24IN3O3. The average molecular weight is 469 g/mol. The van der Waals surface area contributed by atoms with Crippen LogP contribution in [0.2, 0.25) is 0 Å². The van der Waals surface area contributed by atoms with Gasteiger partial charge in [0.1, 0.15) is 11.9 Å². The van der Waals surface area contributed by atoms with Gasteiger partial charge in [0.05, 0.1) is 19.8 Å². The molecule has 0 amide bonds. The number of fused-ring (bicyclic) bond motifs is 1. The third-order valence-electron chi connectivity index (χ3n) is 3.62. The second-order valence-electron chi connectivity index (χ2n) is 5.80. The van der Waals surface area contributed by atoms with E-state index in [0.29, 0.717) is 25.7 Å². The van der Waals surface area contributed by atoms with E-state index < -0.39 is 0 Å². The number of para-hydroxylation sites is 1. The topological polar surface area (TPSA) is 78.1 Å². The lowest BCUT2D eigenvalue weighted by atomic mass is 10.3. The standard InChI is InChI=1S/C19H23N3O3.HI/c1-14(25-16-6-3-2-4-7-16)13-21-19(20)22-15-8-9-17-18(12-15)24-11-5-10-23-17;/h2-4,6-9,12,14H,5,10-11,13H2,1H3,(H3,20,21,22);1H. The highest BCUT2D eigenvalue weighted by Gasteiger charge is 2.11. The predicted molar refractivity (Wildman–Crippen MR) is 114 cm³/mol. The number of hydrogen-bond donors (Lipinski definition) is 2. The summed E-state index contributed by atoms with van der Waals surface area (Å²) >= 11 is 0. The maximum absolute atomic E-state index is 5.97. The number of nitrogens with one attached hydrogen (secondary N) is 1. The highest BCUT2D eigenvalue weighted by atomic mass is 127. The molecule has 6 nitrogen and oxygen atoms in total. The molecule has 140 valence electrons. The molecular weight excluding hydrogens is 445 g/mol. The Morgan fingerprint density at radius 1 is 1.15 bits per heavy atom. The fourth-order valence-corrected chi connectivity index (χ4v) is 2.42. The molecule has 1 heterocycles. The minimum absolute atomic E-state index is 0. The van der Waals surface area contributed by atoms with Gasteiger partial charge in [-0.05, 0) is 31.2 Å². The summed E-state index contributed by atoms with van der Waals surface area (Å²) in [5.74, 6) is 2.62. The summed E-state index contributed by atoms with van der Waals surface area (Å²) in [5.41, 5.74) is 6.77. The maximum Gasteiger partial charge on any atom is 0.193 e. The van der Waals surface area contributed by atoms with Crippen LogP contribution in [0, 0.1) is 0 Å². The zero-order valence-electron chi connectivity index (χ0n) is 14.7. The molecule has 0 aromatic heterocycles. The van der Waals surface area contributed by atoms with E-state index in [1.165, 1.54) is 0 Å². The van der Waals surface area contributed by atoms with Crippen LogP contribution >= 0.6 is 24.0 Å². The minimum Gasteiger partial charge on any atom is -0.490 e. The Morgan fingerprint density at radius 2 is 1.88 bits per heavy atom. The molecule has 3 N–H and O–H groups in total. The number of nitrogens with two attached hydrogens (primary N) is 1. The van der Waals surface area contributed by atoms with Crippen LogP contribution in [-0.4, -0.2) is 31.8 Å². The lowest BCUT2D eigenvalue weighted by molar-refractivity contribution is 0.230. The molecule has 0 radical (unpaired) electrons. The number of aliphatic imine (C=N–C) groups is 1. The average Bonchev–Trinajstić information content (AvgIpc) is 2.86. The quantitative estimate of drug-likeness (QED) is 0.397. The van der Waals surface area contributed by atoms with E-state index in [2.05, 4.69) is 10.3 Å². The van der Waals surface area contributed by atoms with Gasteiger partial charge in [-0.15, -0.1) is 24.0 Å². The maximum atomic E-state index is 5.97. The fourth-order valence-electron chi connectivity index (χ4n) is 2.42. The highest BCUT2D eigenvalue weighted by Crippen LogP contribution is 2.32. The van der Waals surface area contributed by atoms with Crippen molar-refractivity contribution in [3.63, 3.8) is 0 Å². The highest BCUT2D eigenvalue weighted by molar-refractivity contribution is 14.0. The first-order chi connectivity index (χ1) is 12.2. The molecule has 1 aliphatic rings. The van der Waals surface area contributed by atoms with E-state index in [-0.39, 0.29) is 30.1 Å². The second kappa shape index (κ2) is 10.1. The molecule has 1 aliphatic heterocycles.